The van der Waals surface area contributed by atoms with Crippen molar-refractivity contribution in [2.75, 3.05) is 19.4 Å². The highest BCUT2D eigenvalue weighted by Crippen LogP contribution is 2.20. The number of nitro groups is 1. The van der Waals surface area contributed by atoms with Gasteiger partial charge in [-0.1, -0.05) is 37.6 Å². The summed E-state index contributed by atoms with van der Waals surface area (Å²) in [6.07, 6.45) is 1.85. The van der Waals surface area contributed by atoms with E-state index in [0.717, 1.165) is 24.0 Å². The van der Waals surface area contributed by atoms with Gasteiger partial charge in [0.2, 0.25) is 11.8 Å². The Balaban J connectivity index is 2.05. The van der Waals surface area contributed by atoms with Crippen LogP contribution in [0.2, 0.25) is 0 Å². The predicted octanol–water partition coefficient (Wildman–Crippen LogP) is 4.17. The summed E-state index contributed by atoms with van der Waals surface area (Å²) in [5, 5.41) is 13.7. The number of non-ortho nitro benzene ring substituents is 1. The van der Waals surface area contributed by atoms with Crippen molar-refractivity contribution < 1.29 is 19.2 Å². The van der Waals surface area contributed by atoms with Crippen molar-refractivity contribution in [3.8, 4) is 5.75 Å². The van der Waals surface area contributed by atoms with Gasteiger partial charge in [-0.25, -0.2) is 0 Å². The largest absolute Gasteiger partial charge is 0.497 e. The van der Waals surface area contributed by atoms with Crippen LogP contribution in [-0.4, -0.2) is 47.1 Å². The number of ether oxygens (including phenoxy) is 1. The molecule has 0 aromatic heterocycles. The van der Waals surface area contributed by atoms with E-state index in [4.69, 9.17) is 4.74 Å². The Morgan fingerprint density at radius 1 is 1.18 bits per heavy atom. The molecule has 33 heavy (non-hydrogen) atoms. The highest BCUT2D eigenvalue weighted by atomic mass is 32.2. The average Bonchev–Trinajstić information content (AvgIpc) is 2.82. The van der Waals surface area contributed by atoms with E-state index in [1.54, 1.807) is 31.1 Å². The lowest BCUT2D eigenvalue weighted by molar-refractivity contribution is -0.384. The SMILES string of the molecule is CCCCNC(=O)C(C)N(Cc1cccc(OC)c1)C(=O)CSCc1ccc([N+](=O)[O-])cc1. The van der Waals surface area contributed by atoms with Gasteiger partial charge in [-0.15, -0.1) is 11.8 Å². The minimum absolute atomic E-state index is 0.0344. The molecule has 2 rings (SSSR count). The van der Waals surface area contributed by atoms with Crippen molar-refractivity contribution in [2.45, 2.75) is 45.0 Å². The number of carbonyl (C=O) groups excluding carboxylic acids is 2. The first kappa shape index (κ1) is 26.2. The number of carbonyl (C=O) groups is 2. The van der Waals surface area contributed by atoms with Crippen LogP contribution >= 0.6 is 11.8 Å². The van der Waals surface area contributed by atoms with Gasteiger partial charge in [-0.05, 0) is 36.6 Å². The van der Waals surface area contributed by atoms with Crippen LogP contribution in [-0.2, 0) is 21.9 Å². The standard InChI is InChI=1S/C24H31N3O5S/c1-4-5-13-25-24(29)18(2)26(15-20-7-6-8-22(14-20)32-3)23(28)17-33-16-19-9-11-21(12-10-19)27(30)31/h6-12,14,18H,4-5,13,15-17H2,1-3H3,(H,25,29). The molecule has 0 aliphatic heterocycles. The van der Waals surface area contributed by atoms with Gasteiger partial charge in [0.15, 0.2) is 0 Å². The molecule has 1 atom stereocenters. The molecule has 1 unspecified atom stereocenters. The molecule has 0 aliphatic carbocycles. The zero-order valence-electron chi connectivity index (χ0n) is 19.3. The van der Waals surface area contributed by atoms with E-state index in [-0.39, 0.29) is 29.8 Å². The number of hydrogen-bond acceptors (Lipinski definition) is 6. The highest BCUT2D eigenvalue weighted by molar-refractivity contribution is 7.99. The van der Waals surface area contributed by atoms with Crippen molar-refractivity contribution in [3.63, 3.8) is 0 Å². The number of nitrogens with one attached hydrogen (secondary N) is 1. The van der Waals surface area contributed by atoms with Gasteiger partial charge in [0.05, 0.1) is 17.8 Å². The number of nitrogens with zero attached hydrogens (tertiary/aromatic N) is 2. The lowest BCUT2D eigenvalue weighted by atomic mass is 10.1. The fourth-order valence-corrected chi connectivity index (χ4v) is 4.01. The van der Waals surface area contributed by atoms with Crippen LogP contribution in [0.5, 0.6) is 5.75 Å². The Hall–Kier alpha value is -3.07. The molecular weight excluding hydrogens is 442 g/mol. The molecule has 2 aromatic carbocycles. The van der Waals surface area contributed by atoms with E-state index in [0.29, 0.717) is 18.0 Å². The smallest absolute Gasteiger partial charge is 0.269 e. The fourth-order valence-electron chi connectivity index (χ4n) is 3.14. The van der Waals surface area contributed by atoms with Crippen molar-refractivity contribution in [3.05, 3.63) is 69.8 Å². The number of unbranched alkanes of at least 4 members (excludes halogenated alkanes) is 1. The molecule has 0 saturated heterocycles. The molecule has 0 heterocycles. The molecule has 2 amide bonds. The van der Waals surface area contributed by atoms with Gasteiger partial charge in [0.1, 0.15) is 11.8 Å². The third-order valence-corrected chi connectivity index (χ3v) is 6.11. The normalized spacial score (nSPS) is 11.5. The van der Waals surface area contributed by atoms with Gasteiger partial charge in [0.25, 0.3) is 5.69 Å². The number of thioether (sulfide) groups is 1. The predicted molar refractivity (Wildman–Crippen MR) is 130 cm³/mol. The number of rotatable bonds is 13. The molecule has 0 fully saturated rings. The fraction of sp³-hybridized carbons (Fsp3) is 0.417. The summed E-state index contributed by atoms with van der Waals surface area (Å²) >= 11 is 1.41. The summed E-state index contributed by atoms with van der Waals surface area (Å²) in [5.41, 5.74) is 1.80. The topological polar surface area (TPSA) is 102 Å². The van der Waals surface area contributed by atoms with Gasteiger partial charge in [-0.2, -0.15) is 0 Å². The van der Waals surface area contributed by atoms with Crippen LogP contribution in [0.4, 0.5) is 5.69 Å². The summed E-state index contributed by atoms with van der Waals surface area (Å²) in [5.74, 6) is 1.08. The molecule has 1 N–H and O–H groups in total. The maximum absolute atomic E-state index is 13.1. The summed E-state index contributed by atoms with van der Waals surface area (Å²) in [4.78, 5) is 37.7. The lowest BCUT2D eigenvalue weighted by Gasteiger charge is -2.29. The van der Waals surface area contributed by atoms with Crippen LogP contribution in [0.25, 0.3) is 0 Å². The average molecular weight is 474 g/mol. The van der Waals surface area contributed by atoms with Gasteiger partial charge in [0, 0.05) is 31.0 Å². The van der Waals surface area contributed by atoms with Crippen LogP contribution < -0.4 is 10.1 Å². The molecule has 0 spiro atoms. The van der Waals surface area contributed by atoms with Gasteiger partial charge < -0.3 is 15.0 Å². The van der Waals surface area contributed by atoms with E-state index in [1.807, 2.05) is 24.3 Å². The van der Waals surface area contributed by atoms with Crippen LogP contribution in [0.15, 0.2) is 48.5 Å². The third kappa shape index (κ3) is 8.42. The van der Waals surface area contributed by atoms with Crippen molar-refractivity contribution >= 4 is 29.3 Å². The van der Waals surface area contributed by atoms with E-state index in [1.165, 1.54) is 23.9 Å². The Bertz CT molecular complexity index is 936. The molecule has 0 saturated carbocycles. The van der Waals surface area contributed by atoms with Crippen molar-refractivity contribution in [1.82, 2.24) is 10.2 Å². The minimum Gasteiger partial charge on any atom is -0.497 e. The van der Waals surface area contributed by atoms with Crippen LogP contribution in [0.3, 0.4) is 0 Å². The number of hydrogen-bond donors (Lipinski definition) is 1. The van der Waals surface area contributed by atoms with E-state index < -0.39 is 11.0 Å². The molecule has 8 nitrogen and oxygen atoms in total. The monoisotopic (exact) mass is 473 g/mol. The van der Waals surface area contributed by atoms with Gasteiger partial charge in [-0.3, -0.25) is 19.7 Å². The van der Waals surface area contributed by atoms with E-state index in [9.17, 15) is 19.7 Å². The van der Waals surface area contributed by atoms with Crippen LogP contribution in [0.1, 0.15) is 37.8 Å². The van der Waals surface area contributed by atoms with Crippen molar-refractivity contribution in [2.24, 2.45) is 0 Å². The molecule has 2 aromatic rings. The summed E-state index contributed by atoms with van der Waals surface area (Å²) in [6, 6.07) is 13.1. The highest BCUT2D eigenvalue weighted by Gasteiger charge is 2.26. The van der Waals surface area contributed by atoms with Crippen LogP contribution in [0, 0.1) is 10.1 Å². The zero-order valence-corrected chi connectivity index (χ0v) is 20.1. The zero-order chi connectivity index (χ0) is 24.2. The number of nitro benzene ring substituents is 1. The van der Waals surface area contributed by atoms with E-state index >= 15 is 0 Å². The Morgan fingerprint density at radius 2 is 1.91 bits per heavy atom. The first-order valence-electron chi connectivity index (χ1n) is 10.9. The second-order valence-corrected chi connectivity index (χ2v) is 8.60. The first-order valence-corrected chi connectivity index (χ1v) is 12.0. The molecule has 9 heteroatoms. The van der Waals surface area contributed by atoms with Gasteiger partial charge >= 0.3 is 0 Å². The Morgan fingerprint density at radius 3 is 2.55 bits per heavy atom. The van der Waals surface area contributed by atoms with E-state index in [2.05, 4.69) is 12.2 Å². The Labute approximate surface area is 198 Å². The Kier molecular flexibility index (Phi) is 10.7. The number of amides is 2. The number of benzene rings is 2. The number of methoxy groups -OCH3 is 1. The first-order chi connectivity index (χ1) is 15.8. The lowest BCUT2D eigenvalue weighted by Crippen LogP contribution is -2.48. The molecule has 0 radical (unpaired) electrons. The molecular formula is C24H31N3O5S. The molecule has 0 bridgehead atoms. The minimum atomic E-state index is -0.625. The summed E-state index contributed by atoms with van der Waals surface area (Å²) < 4.78 is 5.28. The summed E-state index contributed by atoms with van der Waals surface area (Å²) in [7, 11) is 1.58. The maximum atomic E-state index is 13.1. The summed E-state index contributed by atoms with van der Waals surface area (Å²) in [6.45, 7) is 4.66. The second-order valence-electron chi connectivity index (χ2n) is 7.61. The van der Waals surface area contributed by atoms with Crippen molar-refractivity contribution in [1.29, 1.82) is 0 Å². The quantitative estimate of drug-likeness (QED) is 0.266. The molecule has 178 valence electrons. The third-order valence-electron chi connectivity index (χ3n) is 5.13. The maximum Gasteiger partial charge on any atom is 0.269 e. The molecule has 0 aliphatic rings. The second kappa shape index (κ2) is 13.5.